The van der Waals surface area contributed by atoms with Gasteiger partial charge in [0.05, 0.1) is 11.4 Å². The Morgan fingerprint density at radius 3 is 2.55 bits per heavy atom. The Kier molecular flexibility index (Phi) is 3.66. The maximum Gasteiger partial charge on any atom is 0.230 e. The topological polar surface area (TPSA) is 26.8 Å². The van der Waals surface area contributed by atoms with Crippen molar-refractivity contribution in [1.82, 2.24) is 4.90 Å². The molecule has 4 nitrogen and oxygen atoms in total. The second-order valence-corrected chi connectivity index (χ2v) is 6.04. The number of para-hydroxylation sites is 2. The maximum absolute atomic E-state index is 12.4. The van der Waals surface area contributed by atoms with E-state index in [-0.39, 0.29) is 5.92 Å². The summed E-state index contributed by atoms with van der Waals surface area (Å²) in [7, 11) is 4.19. The van der Waals surface area contributed by atoms with Crippen LogP contribution >= 0.6 is 0 Å². The van der Waals surface area contributed by atoms with Crippen LogP contribution in [0.2, 0.25) is 0 Å². The van der Waals surface area contributed by atoms with E-state index in [1.54, 1.807) is 0 Å². The van der Waals surface area contributed by atoms with E-state index in [0.29, 0.717) is 5.91 Å². The molecule has 1 amide bonds. The molecule has 1 aromatic rings. The van der Waals surface area contributed by atoms with Crippen LogP contribution in [0.5, 0.6) is 0 Å². The molecule has 0 unspecified atom stereocenters. The van der Waals surface area contributed by atoms with E-state index in [2.05, 4.69) is 42.1 Å². The number of benzene rings is 1. The van der Waals surface area contributed by atoms with Gasteiger partial charge in [0.2, 0.25) is 5.91 Å². The zero-order valence-corrected chi connectivity index (χ0v) is 12.4. The molecule has 1 aromatic carbocycles. The van der Waals surface area contributed by atoms with Gasteiger partial charge in [0, 0.05) is 32.1 Å². The van der Waals surface area contributed by atoms with E-state index < -0.39 is 0 Å². The van der Waals surface area contributed by atoms with E-state index in [9.17, 15) is 4.79 Å². The fourth-order valence-corrected chi connectivity index (χ4v) is 2.75. The molecule has 20 heavy (non-hydrogen) atoms. The summed E-state index contributed by atoms with van der Waals surface area (Å²) in [5, 5.41) is 0. The van der Waals surface area contributed by atoms with Crippen molar-refractivity contribution >= 4 is 17.3 Å². The average molecular weight is 273 g/mol. The van der Waals surface area contributed by atoms with Crippen molar-refractivity contribution in [1.29, 1.82) is 0 Å². The first-order valence-corrected chi connectivity index (χ1v) is 7.47. The second-order valence-electron chi connectivity index (χ2n) is 6.04. The zero-order valence-electron chi connectivity index (χ0n) is 12.4. The Morgan fingerprint density at radius 2 is 1.90 bits per heavy atom. The van der Waals surface area contributed by atoms with Crippen LogP contribution in [-0.4, -0.2) is 51.1 Å². The van der Waals surface area contributed by atoms with Crippen LogP contribution in [0.1, 0.15) is 12.8 Å². The number of hydrogen-bond donors (Lipinski definition) is 0. The third-order valence-corrected chi connectivity index (χ3v) is 4.12. The van der Waals surface area contributed by atoms with Crippen LogP contribution in [0.3, 0.4) is 0 Å². The Balaban J connectivity index is 1.81. The average Bonchev–Trinajstić information content (AvgIpc) is 3.28. The Bertz CT molecular complexity index is 496. The molecule has 2 aliphatic rings. The monoisotopic (exact) mass is 273 g/mol. The van der Waals surface area contributed by atoms with E-state index in [1.807, 2.05) is 11.0 Å². The highest BCUT2D eigenvalue weighted by Gasteiger charge is 2.36. The zero-order chi connectivity index (χ0) is 14.1. The smallest absolute Gasteiger partial charge is 0.230 e. The number of likely N-dealkylation sites (N-methyl/N-ethyl adjacent to an activating group) is 1. The van der Waals surface area contributed by atoms with Gasteiger partial charge in [0.15, 0.2) is 0 Å². The summed E-state index contributed by atoms with van der Waals surface area (Å²) < 4.78 is 0. The number of fused-ring (bicyclic) bond motifs is 1. The van der Waals surface area contributed by atoms with E-state index >= 15 is 0 Å². The third kappa shape index (κ3) is 2.66. The fourth-order valence-electron chi connectivity index (χ4n) is 2.75. The lowest BCUT2D eigenvalue weighted by Gasteiger charge is -2.38. The SMILES string of the molecule is CN(C)CCN1CCN(C(=O)C2CC2)c2ccccc21. The lowest BCUT2D eigenvalue weighted by Crippen LogP contribution is -2.46. The molecule has 1 aliphatic heterocycles. The number of carbonyl (C=O) groups is 1. The van der Waals surface area contributed by atoms with Gasteiger partial charge in [-0.05, 0) is 39.1 Å². The van der Waals surface area contributed by atoms with E-state index in [1.165, 1.54) is 5.69 Å². The summed E-state index contributed by atoms with van der Waals surface area (Å²) in [5.41, 5.74) is 2.30. The van der Waals surface area contributed by atoms with Gasteiger partial charge in [0.25, 0.3) is 0 Å². The molecule has 0 atom stereocenters. The molecule has 0 radical (unpaired) electrons. The highest BCUT2D eigenvalue weighted by Crippen LogP contribution is 2.38. The Labute approximate surface area is 121 Å². The number of carbonyl (C=O) groups excluding carboxylic acids is 1. The summed E-state index contributed by atoms with van der Waals surface area (Å²) in [6.07, 6.45) is 2.14. The first kappa shape index (κ1) is 13.4. The molecule has 0 N–H and O–H groups in total. The normalized spacial score (nSPS) is 18.4. The first-order chi connectivity index (χ1) is 9.66. The molecule has 0 bridgehead atoms. The third-order valence-electron chi connectivity index (χ3n) is 4.12. The minimum atomic E-state index is 0.288. The quantitative estimate of drug-likeness (QED) is 0.837. The number of nitrogens with zero attached hydrogens (tertiary/aromatic N) is 3. The molecule has 0 aromatic heterocycles. The van der Waals surface area contributed by atoms with Gasteiger partial charge in [-0.2, -0.15) is 0 Å². The number of hydrogen-bond acceptors (Lipinski definition) is 3. The molecule has 3 rings (SSSR count). The number of anilines is 2. The summed E-state index contributed by atoms with van der Waals surface area (Å²) in [6.45, 7) is 3.80. The van der Waals surface area contributed by atoms with Crippen LogP contribution in [-0.2, 0) is 4.79 Å². The summed E-state index contributed by atoms with van der Waals surface area (Å²) >= 11 is 0. The van der Waals surface area contributed by atoms with E-state index in [0.717, 1.165) is 44.7 Å². The maximum atomic E-state index is 12.4. The van der Waals surface area contributed by atoms with Crippen molar-refractivity contribution < 1.29 is 4.79 Å². The van der Waals surface area contributed by atoms with Crippen LogP contribution < -0.4 is 9.80 Å². The molecule has 4 heteroatoms. The predicted octanol–water partition coefficient (Wildman–Crippen LogP) is 1.81. The van der Waals surface area contributed by atoms with Gasteiger partial charge >= 0.3 is 0 Å². The lowest BCUT2D eigenvalue weighted by molar-refractivity contribution is -0.119. The van der Waals surface area contributed by atoms with E-state index in [4.69, 9.17) is 0 Å². The lowest BCUT2D eigenvalue weighted by atomic mass is 10.1. The van der Waals surface area contributed by atoms with Crippen molar-refractivity contribution in [2.75, 3.05) is 50.1 Å². The van der Waals surface area contributed by atoms with Gasteiger partial charge in [-0.25, -0.2) is 0 Å². The summed E-state index contributed by atoms with van der Waals surface area (Å²) in [4.78, 5) is 19.0. The molecule has 1 fully saturated rings. The summed E-state index contributed by atoms with van der Waals surface area (Å²) in [6, 6.07) is 8.31. The van der Waals surface area contributed by atoms with Crippen molar-refractivity contribution in [3.05, 3.63) is 24.3 Å². The van der Waals surface area contributed by atoms with Gasteiger partial charge < -0.3 is 14.7 Å². The van der Waals surface area contributed by atoms with Crippen molar-refractivity contribution in [2.24, 2.45) is 5.92 Å². The minimum Gasteiger partial charge on any atom is -0.367 e. The molecule has 1 saturated carbocycles. The molecule has 1 heterocycles. The van der Waals surface area contributed by atoms with Crippen LogP contribution in [0.15, 0.2) is 24.3 Å². The van der Waals surface area contributed by atoms with Gasteiger partial charge in [-0.1, -0.05) is 12.1 Å². The molecular weight excluding hydrogens is 250 g/mol. The predicted molar refractivity (Wildman–Crippen MR) is 82.3 cm³/mol. The second kappa shape index (κ2) is 5.44. The highest BCUT2D eigenvalue weighted by molar-refractivity contribution is 6.00. The standard InChI is InChI=1S/C16H23N3O/c1-17(2)9-10-18-11-12-19(16(20)13-7-8-13)15-6-4-3-5-14(15)18/h3-6,13H,7-12H2,1-2H3. The van der Waals surface area contributed by atoms with Gasteiger partial charge in [0.1, 0.15) is 0 Å². The van der Waals surface area contributed by atoms with Crippen molar-refractivity contribution in [2.45, 2.75) is 12.8 Å². The summed E-state index contributed by atoms with van der Waals surface area (Å²) in [5.74, 6) is 0.612. The largest absolute Gasteiger partial charge is 0.367 e. The molecule has 1 aliphatic carbocycles. The molecule has 108 valence electrons. The van der Waals surface area contributed by atoms with Crippen LogP contribution in [0.25, 0.3) is 0 Å². The number of rotatable bonds is 4. The van der Waals surface area contributed by atoms with Crippen LogP contribution in [0.4, 0.5) is 11.4 Å². The Hall–Kier alpha value is -1.55. The Morgan fingerprint density at radius 1 is 1.20 bits per heavy atom. The van der Waals surface area contributed by atoms with Crippen molar-refractivity contribution in [3.8, 4) is 0 Å². The van der Waals surface area contributed by atoms with Gasteiger partial charge in [-0.3, -0.25) is 4.79 Å². The highest BCUT2D eigenvalue weighted by atomic mass is 16.2. The van der Waals surface area contributed by atoms with Gasteiger partial charge in [-0.15, -0.1) is 0 Å². The number of amides is 1. The van der Waals surface area contributed by atoms with Crippen LogP contribution in [0, 0.1) is 5.92 Å². The minimum absolute atomic E-state index is 0.288. The molecule has 0 spiro atoms. The fraction of sp³-hybridized carbons (Fsp3) is 0.562. The first-order valence-electron chi connectivity index (χ1n) is 7.47. The molecular formula is C16H23N3O. The molecule has 0 saturated heterocycles. The van der Waals surface area contributed by atoms with Crippen molar-refractivity contribution in [3.63, 3.8) is 0 Å².